The fourth-order valence-electron chi connectivity index (χ4n) is 1.14. The normalized spacial score (nSPS) is 16.1. The van der Waals surface area contributed by atoms with Crippen LogP contribution in [0.3, 0.4) is 0 Å². The van der Waals surface area contributed by atoms with Gasteiger partial charge in [0.15, 0.2) is 0 Å². The Kier molecular flexibility index (Phi) is 4.66. The SMILES string of the molecule is Cc1ccc(S(=O)(=O)OC[P@](C)(=O)C(C)(C)C)cc1. The van der Waals surface area contributed by atoms with Gasteiger partial charge in [-0.2, -0.15) is 8.42 Å². The monoisotopic (exact) mass is 304 g/mol. The average molecular weight is 304 g/mol. The van der Waals surface area contributed by atoms with Crippen molar-refractivity contribution in [3.63, 3.8) is 0 Å². The highest BCUT2D eigenvalue weighted by Gasteiger charge is 2.33. The summed E-state index contributed by atoms with van der Waals surface area (Å²) in [5.41, 5.74) is 0.967. The maximum atomic E-state index is 12.4. The zero-order valence-corrected chi connectivity index (χ0v) is 13.7. The second-order valence-corrected chi connectivity index (χ2v) is 11.2. The lowest BCUT2D eigenvalue weighted by Crippen LogP contribution is -2.19. The molecule has 0 aliphatic carbocycles. The Labute approximate surface area is 115 Å². The Morgan fingerprint density at radius 2 is 1.63 bits per heavy atom. The van der Waals surface area contributed by atoms with Crippen molar-refractivity contribution < 1.29 is 17.2 Å². The molecule has 0 amide bonds. The van der Waals surface area contributed by atoms with E-state index >= 15 is 0 Å². The Morgan fingerprint density at radius 1 is 1.16 bits per heavy atom. The minimum Gasteiger partial charge on any atom is -0.321 e. The standard InChI is InChI=1S/C13H21O4PS/c1-11-6-8-12(9-7-11)19(15,16)17-10-18(5,14)13(2,3)4/h6-9H,10H2,1-5H3/t18-/m0/s1. The molecule has 0 saturated carbocycles. The number of benzene rings is 1. The molecule has 4 nitrogen and oxygen atoms in total. The fourth-order valence-corrected chi connectivity index (χ4v) is 3.49. The van der Waals surface area contributed by atoms with Crippen LogP contribution < -0.4 is 0 Å². The van der Waals surface area contributed by atoms with Crippen LogP contribution >= 0.6 is 7.14 Å². The molecular weight excluding hydrogens is 283 g/mol. The lowest BCUT2D eigenvalue weighted by Gasteiger charge is -2.27. The second kappa shape index (κ2) is 5.39. The molecule has 0 aromatic heterocycles. The van der Waals surface area contributed by atoms with Crippen LogP contribution in [0.4, 0.5) is 0 Å². The molecule has 0 saturated heterocycles. The number of hydrogen-bond donors (Lipinski definition) is 0. The summed E-state index contributed by atoms with van der Waals surface area (Å²) in [6, 6.07) is 6.38. The van der Waals surface area contributed by atoms with Gasteiger partial charge < -0.3 is 4.57 Å². The third-order valence-corrected chi connectivity index (χ3v) is 8.10. The Hall–Kier alpha value is -0.640. The van der Waals surface area contributed by atoms with E-state index in [1.165, 1.54) is 12.1 Å². The van der Waals surface area contributed by atoms with Gasteiger partial charge in [0.1, 0.15) is 13.5 Å². The van der Waals surface area contributed by atoms with Gasteiger partial charge in [0.05, 0.1) is 4.90 Å². The largest absolute Gasteiger partial charge is 0.321 e. The highest BCUT2D eigenvalue weighted by molar-refractivity contribution is 7.87. The molecule has 19 heavy (non-hydrogen) atoms. The first-order chi connectivity index (χ1) is 8.46. The van der Waals surface area contributed by atoms with Crippen molar-refractivity contribution in [2.75, 3.05) is 13.0 Å². The molecule has 0 aliphatic rings. The van der Waals surface area contributed by atoms with E-state index in [1.807, 2.05) is 27.7 Å². The van der Waals surface area contributed by atoms with E-state index < -0.39 is 22.4 Å². The minimum atomic E-state index is -3.84. The molecule has 0 radical (unpaired) electrons. The highest BCUT2D eigenvalue weighted by Crippen LogP contribution is 2.54. The molecule has 1 aromatic carbocycles. The van der Waals surface area contributed by atoms with E-state index in [0.717, 1.165) is 5.56 Å². The summed E-state index contributed by atoms with van der Waals surface area (Å²) in [4.78, 5) is 0.0898. The lowest BCUT2D eigenvalue weighted by molar-refractivity contribution is 0.364. The van der Waals surface area contributed by atoms with Gasteiger partial charge in [-0.1, -0.05) is 38.5 Å². The summed E-state index contributed by atoms with van der Waals surface area (Å²) >= 11 is 0. The van der Waals surface area contributed by atoms with Crippen LogP contribution in [0.25, 0.3) is 0 Å². The Balaban J connectivity index is 2.88. The van der Waals surface area contributed by atoms with E-state index in [0.29, 0.717) is 0 Å². The van der Waals surface area contributed by atoms with Gasteiger partial charge >= 0.3 is 0 Å². The van der Waals surface area contributed by atoms with Gasteiger partial charge in [0.2, 0.25) is 0 Å². The topological polar surface area (TPSA) is 60.4 Å². The molecule has 108 valence electrons. The van der Waals surface area contributed by atoms with Gasteiger partial charge in [-0.3, -0.25) is 4.18 Å². The van der Waals surface area contributed by atoms with Crippen molar-refractivity contribution in [1.82, 2.24) is 0 Å². The molecule has 0 N–H and O–H groups in total. The van der Waals surface area contributed by atoms with Gasteiger partial charge in [0, 0.05) is 5.16 Å². The van der Waals surface area contributed by atoms with E-state index in [-0.39, 0.29) is 11.2 Å². The predicted octanol–water partition coefficient (Wildman–Crippen LogP) is 3.45. The summed E-state index contributed by atoms with van der Waals surface area (Å²) in [5, 5.41) is -0.476. The number of aryl methyl sites for hydroxylation is 1. The van der Waals surface area contributed by atoms with Crippen molar-refractivity contribution in [3.8, 4) is 0 Å². The minimum absolute atomic E-state index is 0.0898. The van der Waals surface area contributed by atoms with Gasteiger partial charge in [-0.25, -0.2) is 0 Å². The average Bonchev–Trinajstić information content (AvgIpc) is 2.26. The van der Waals surface area contributed by atoms with Crippen molar-refractivity contribution in [3.05, 3.63) is 29.8 Å². The summed E-state index contributed by atoms with van der Waals surface area (Å²) in [5.74, 6) is 0. The smallest absolute Gasteiger partial charge is 0.297 e. The molecule has 6 heteroatoms. The zero-order valence-electron chi connectivity index (χ0n) is 12.0. The zero-order chi connectivity index (χ0) is 14.9. The predicted molar refractivity (Wildman–Crippen MR) is 77.6 cm³/mol. The Morgan fingerprint density at radius 3 is 2.05 bits per heavy atom. The quantitative estimate of drug-likeness (QED) is 0.631. The van der Waals surface area contributed by atoms with Crippen LogP contribution in [0.15, 0.2) is 29.2 Å². The van der Waals surface area contributed by atoms with Crippen molar-refractivity contribution in [2.24, 2.45) is 0 Å². The molecule has 0 unspecified atom stereocenters. The second-order valence-electron chi connectivity index (χ2n) is 5.79. The molecule has 0 heterocycles. The van der Waals surface area contributed by atoms with Gasteiger partial charge in [-0.05, 0) is 25.7 Å². The van der Waals surface area contributed by atoms with Crippen LogP contribution in [0.5, 0.6) is 0 Å². The van der Waals surface area contributed by atoms with Crippen LogP contribution in [0.2, 0.25) is 0 Å². The van der Waals surface area contributed by atoms with Crippen LogP contribution in [-0.4, -0.2) is 26.6 Å². The first-order valence-corrected chi connectivity index (χ1v) is 9.73. The molecular formula is C13H21O4PS. The van der Waals surface area contributed by atoms with E-state index in [4.69, 9.17) is 4.18 Å². The fraction of sp³-hybridized carbons (Fsp3) is 0.538. The maximum Gasteiger partial charge on any atom is 0.297 e. The molecule has 0 spiro atoms. The first-order valence-electron chi connectivity index (χ1n) is 5.98. The summed E-state index contributed by atoms with van der Waals surface area (Å²) < 4.78 is 41.3. The number of hydrogen-bond acceptors (Lipinski definition) is 4. The molecule has 1 rings (SSSR count). The number of rotatable bonds is 4. The third kappa shape index (κ3) is 4.16. The summed E-state index contributed by atoms with van der Waals surface area (Å²) in [6.45, 7) is 8.88. The van der Waals surface area contributed by atoms with Crippen molar-refractivity contribution in [2.45, 2.75) is 37.7 Å². The van der Waals surface area contributed by atoms with Crippen molar-refractivity contribution >= 4 is 17.3 Å². The maximum absolute atomic E-state index is 12.4. The lowest BCUT2D eigenvalue weighted by atomic mass is 10.2. The highest BCUT2D eigenvalue weighted by atomic mass is 32.2. The molecule has 0 bridgehead atoms. The summed E-state index contributed by atoms with van der Waals surface area (Å²) in [6.07, 6.45) is -0.271. The third-order valence-electron chi connectivity index (χ3n) is 3.18. The first kappa shape index (κ1) is 16.4. The summed E-state index contributed by atoms with van der Waals surface area (Å²) in [7, 11) is -6.55. The molecule has 0 fully saturated rings. The van der Waals surface area contributed by atoms with Crippen LogP contribution in [-0.2, 0) is 18.9 Å². The van der Waals surface area contributed by atoms with E-state index in [9.17, 15) is 13.0 Å². The van der Waals surface area contributed by atoms with Crippen molar-refractivity contribution in [1.29, 1.82) is 0 Å². The van der Waals surface area contributed by atoms with E-state index in [1.54, 1.807) is 18.8 Å². The van der Waals surface area contributed by atoms with Gasteiger partial charge in [0.25, 0.3) is 10.1 Å². The molecule has 1 aromatic rings. The van der Waals surface area contributed by atoms with Crippen LogP contribution in [0, 0.1) is 6.92 Å². The molecule has 1 atom stereocenters. The Bertz CT molecular complexity index is 582. The van der Waals surface area contributed by atoms with Gasteiger partial charge in [-0.15, -0.1) is 0 Å². The van der Waals surface area contributed by atoms with E-state index in [2.05, 4.69) is 0 Å². The molecule has 0 aliphatic heterocycles. The van der Waals surface area contributed by atoms with Crippen LogP contribution in [0.1, 0.15) is 26.3 Å².